The summed E-state index contributed by atoms with van der Waals surface area (Å²) in [7, 11) is 0. The normalized spacial score (nSPS) is 22.9. The van der Waals surface area contributed by atoms with E-state index in [4.69, 9.17) is 4.74 Å². The Balaban J connectivity index is 1.63. The van der Waals surface area contributed by atoms with Crippen LogP contribution in [0.4, 0.5) is 0 Å². The van der Waals surface area contributed by atoms with E-state index in [9.17, 15) is 9.59 Å². The molecule has 0 spiro atoms. The molecular weight excluding hydrogens is 254 g/mol. The van der Waals surface area contributed by atoms with Gasteiger partial charge in [-0.05, 0) is 24.0 Å². The van der Waals surface area contributed by atoms with Gasteiger partial charge < -0.3 is 10.1 Å². The molecule has 2 atom stereocenters. The minimum Gasteiger partial charge on any atom is -0.493 e. The molecule has 0 aromatic heterocycles. The van der Waals surface area contributed by atoms with Crippen molar-refractivity contribution in [3.63, 3.8) is 0 Å². The SMILES string of the molecule is CCC(=O)NCC(=O)[C@@H]1C[C@H]1c1cccc2c1CCO2. The molecule has 1 amide bonds. The van der Waals surface area contributed by atoms with Gasteiger partial charge in [0, 0.05) is 24.3 Å². The third-order valence-corrected chi connectivity index (χ3v) is 4.16. The largest absolute Gasteiger partial charge is 0.493 e. The highest BCUT2D eigenvalue weighted by molar-refractivity contribution is 5.90. The van der Waals surface area contributed by atoms with Crippen molar-refractivity contribution in [2.75, 3.05) is 13.2 Å². The van der Waals surface area contributed by atoms with E-state index in [1.807, 2.05) is 12.1 Å². The summed E-state index contributed by atoms with van der Waals surface area (Å²) in [6.45, 7) is 2.69. The molecule has 4 heteroatoms. The smallest absolute Gasteiger partial charge is 0.220 e. The van der Waals surface area contributed by atoms with Gasteiger partial charge in [0.25, 0.3) is 0 Å². The Morgan fingerprint density at radius 2 is 2.25 bits per heavy atom. The zero-order valence-corrected chi connectivity index (χ0v) is 11.6. The Morgan fingerprint density at radius 3 is 3.05 bits per heavy atom. The van der Waals surface area contributed by atoms with Crippen molar-refractivity contribution in [1.29, 1.82) is 0 Å². The average molecular weight is 273 g/mol. The second-order valence-corrected chi connectivity index (χ2v) is 5.47. The van der Waals surface area contributed by atoms with Crippen molar-refractivity contribution in [3.8, 4) is 5.75 Å². The summed E-state index contributed by atoms with van der Waals surface area (Å²) in [6.07, 6.45) is 2.26. The van der Waals surface area contributed by atoms with Crippen LogP contribution in [0.25, 0.3) is 0 Å². The maximum atomic E-state index is 12.1. The summed E-state index contributed by atoms with van der Waals surface area (Å²) in [4.78, 5) is 23.2. The van der Waals surface area contributed by atoms with Gasteiger partial charge in [0.1, 0.15) is 5.75 Å². The van der Waals surface area contributed by atoms with Crippen LogP contribution in [-0.4, -0.2) is 24.8 Å². The fourth-order valence-corrected chi connectivity index (χ4v) is 2.93. The maximum Gasteiger partial charge on any atom is 0.220 e. The first-order chi connectivity index (χ1) is 9.70. The van der Waals surface area contributed by atoms with Crippen molar-refractivity contribution in [2.45, 2.75) is 32.1 Å². The van der Waals surface area contributed by atoms with Gasteiger partial charge in [-0.25, -0.2) is 0 Å². The number of Topliss-reactive ketones (excluding diaryl/α,β-unsaturated/α-hetero) is 1. The van der Waals surface area contributed by atoms with Crippen molar-refractivity contribution in [2.24, 2.45) is 5.92 Å². The van der Waals surface area contributed by atoms with Crippen LogP contribution < -0.4 is 10.1 Å². The molecule has 1 heterocycles. The Morgan fingerprint density at radius 1 is 1.40 bits per heavy atom. The highest BCUT2D eigenvalue weighted by Crippen LogP contribution is 2.50. The average Bonchev–Trinajstić information content (AvgIpc) is 3.12. The molecule has 4 nitrogen and oxygen atoms in total. The van der Waals surface area contributed by atoms with Crippen molar-refractivity contribution in [3.05, 3.63) is 29.3 Å². The lowest BCUT2D eigenvalue weighted by molar-refractivity contribution is -0.125. The second kappa shape index (κ2) is 5.27. The first kappa shape index (κ1) is 13.2. The monoisotopic (exact) mass is 273 g/mol. The fourth-order valence-electron chi connectivity index (χ4n) is 2.93. The van der Waals surface area contributed by atoms with E-state index in [0.717, 1.165) is 25.2 Å². The molecule has 3 rings (SSSR count). The molecule has 106 valence electrons. The van der Waals surface area contributed by atoms with E-state index in [1.165, 1.54) is 11.1 Å². The van der Waals surface area contributed by atoms with Crippen LogP contribution in [0, 0.1) is 5.92 Å². The minimum absolute atomic E-state index is 0.0652. The van der Waals surface area contributed by atoms with E-state index in [0.29, 0.717) is 12.3 Å². The zero-order chi connectivity index (χ0) is 14.1. The molecule has 0 unspecified atom stereocenters. The summed E-state index contributed by atoms with van der Waals surface area (Å²) in [5.74, 6) is 1.44. The zero-order valence-electron chi connectivity index (χ0n) is 11.6. The van der Waals surface area contributed by atoms with Crippen LogP contribution in [-0.2, 0) is 16.0 Å². The quantitative estimate of drug-likeness (QED) is 0.890. The predicted molar refractivity (Wildman–Crippen MR) is 74.8 cm³/mol. The number of hydrogen-bond acceptors (Lipinski definition) is 3. The summed E-state index contributed by atoms with van der Waals surface area (Å²) < 4.78 is 5.56. The first-order valence-electron chi connectivity index (χ1n) is 7.24. The number of nitrogens with one attached hydrogen (secondary N) is 1. The number of carbonyl (C=O) groups is 2. The second-order valence-electron chi connectivity index (χ2n) is 5.47. The van der Waals surface area contributed by atoms with E-state index < -0.39 is 0 Å². The van der Waals surface area contributed by atoms with Gasteiger partial charge in [-0.15, -0.1) is 0 Å². The molecule has 1 fully saturated rings. The summed E-state index contributed by atoms with van der Waals surface area (Å²) in [6, 6.07) is 6.10. The third-order valence-electron chi connectivity index (χ3n) is 4.16. The van der Waals surface area contributed by atoms with Crippen molar-refractivity contribution < 1.29 is 14.3 Å². The van der Waals surface area contributed by atoms with E-state index in [1.54, 1.807) is 6.92 Å². The van der Waals surface area contributed by atoms with Gasteiger partial charge in [-0.3, -0.25) is 9.59 Å². The van der Waals surface area contributed by atoms with Crippen LogP contribution in [0.15, 0.2) is 18.2 Å². The third kappa shape index (κ3) is 2.42. The summed E-state index contributed by atoms with van der Waals surface area (Å²) in [5, 5.41) is 2.66. The van der Waals surface area contributed by atoms with Gasteiger partial charge in [-0.2, -0.15) is 0 Å². The molecule has 0 saturated heterocycles. The van der Waals surface area contributed by atoms with Gasteiger partial charge in [0.15, 0.2) is 5.78 Å². The van der Waals surface area contributed by atoms with Crippen LogP contribution in [0.1, 0.15) is 36.8 Å². The standard InChI is InChI=1S/C16H19NO3/c1-2-16(19)17-9-14(18)13-8-12(13)10-4-3-5-15-11(10)6-7-20-15/h3-5,12-13H,2,6-9H2,1H3,(H,17,19)/t12-,13+/m0/s1. The number of amides is 1. The molecule has 0 bridgehead atoms. The van der Waals surface area contributed by atoms with Gasteiger partial charge in [0.2, 0.25) is 5.91 Å². The Labute approximate surface area is 118 Å². The van der Waals surface area contributed by atoms with Crippen molar-refractivity contribution >= 4 is 11.7 Å². The van der Waals surface area contributed by atoms with E-state index in [2.05, 4.69) is 11.4 Å². The number of ketones is 1. The number of ether oxygens (including phenoxy) is 1. The maximum absolute atomic E-state index is 12.1. The highest BCUT2D eigenvalue weighted by atomic mass is 16.5. The fraction of sp³-hybridized carbons (Fsp3) is 0.500. The molecule has 2 aliphatic rings. The minimum atomic E-state index is -0.0652. The number of carbonyl (C=O) groups excluding carboxylic acids is 2. The molecule has 1 aliphatic heterocycles. The number of benzene rings is 1. The predicted octanol–water partition coefficient (Wildman–Crippen LogP) is 1.82. The van der Waals surface area contributed by atoms with Crippen LogP contribution >= 0.6 is 0 Å². The first-order valence-corrected chi connectivity index (χ1v) is 7.24. The van der Waals surface area contributed by atoms with E-state index >= 15 is 0 Å². The van der Waals surface area contributed by atoms with Crippen LogP contribution in [0.5, 0.6) is 5.75 Å². The molecule has 1 N–H and O–H groups in total. The van der Waals surface area contributed by atoms with E-state index in [-0.39, 0.29) is 24.2 Å². The topological polar surface area (TPSA) is 55.4 Å². The number of fused-ring (bicyclic) bond motifs is 1. The molecule has 1 aromatic carbocycles. The highest BCUT2D eigenvalue weighted by Gasteiger charge is 2.44. The van der Waals surface area contributed by atoms with Gasteiger partial charge >= 0.3 is 0 Å². The molecular formula is C16H19NO3. The van der Waals surface area contributed by atoms with Crippen LogP contribution in [0.3, 0.4) is 0 Å². The lowest BCUT2D eigenvalue weighted by Gasteiger charge is -2.07. The molecule has 1 aliphatic carbocycles. The molecule has 1 aromatic rings. The Kier molecular flexibility index (Phi) is 3.47. The number of rotatable bonds is 5. The molecule has 0 radical (unpaired) electrons. The van der Waals surface area contributed by atoms with Crippen LogP contribution in [0.2, 0.25) is 0 Å². The lowest BCUT2D eigenvalue weighted by Crippen LogP contribution is -2.29. The molecule has 20 heavy (non-hydrogen) atoms. The molecule has 1 saturated carbocycles. The summed E-state index contributed by atoms with van der Waals surface area (Å²) in [5.41, 5.74) is 2.53. The Hall–Kier alpha value is -1.84. The Bertz CT molecular complexity index is 553. The lowest BCUT2D eigenvalue weighted by atomic mass is 9.99. The van der Waals surface area contributed by atoms with Gasteiger partial charge in [-0.1, -0.05) is 19.1 Å². The van der Waals surface area contributed by atoms with Crippen molar-refractivity contribution in [1.82, 2.24) is 5.32 Å². The summed E-state index contributed by atoms with van der Waals surface area (Å²) >= 11 is 0. The van der Waals surface area contributed by atoms with Gasteiger partial charge in [0.05, 0.1) is 13.2 Å². The number of hydrogen-bond donors (Lipinski definition) is 1.